The molecule has 0 aromatic rings. The molecule has 2 atom stereocenters. The fraction of sp³-hybridized carbons (Fsp3) is 1.00. The van der Waals surface area contributed by atoms with Crippen LogP contribution < -0.4 is 0 Å². The second-order valence-corrected chi connectivity index (χ2v) is 8.59. The average Bonchev–Trinajstić information content (AvgIpc) is 2.47. The number of piperidine rings is 1. The first-order valence-corrected chi connectivity index (χ1v) is 8.21. The summed E-state index contributed by atoms with van der Waals surface area (Å²) in [7, 11) is 0. The molecule has 0 bridgehead atoms. The Morgan fingerprint density at radius 1 is 0.789 bits per heavy atom. The van der Waals surface area contributed by atoms with Crippen LogP contribution >= 0.6 is 0 Å². The maximum atomic E-state index is 2.80. The molecular weight excluding hydrogens is 232 g/mol. The van der Waals surface area contributed by atoms with Crippen molar-refractivity contribution in [2.24, 2.45) is 5.92 Å². The lowest BCUT2D eigenvalue weighted by Gasteiger charge is -2.50. The molecule has 19 heavy (non-hydrogen) atoms. The van der Waals surface area contributed by atoms with Crippen LogP contribution in [-0.2, 0) is 0 Å². The highest BCUT2D eigenvalue weighted by atomic mass is 15.3. The standard InChI is InChI=1S/C17H34N2/c1-16(2,3)18-11-7-9-14-10-8-12-19(15(14)13-18)17(4,5)6/h14-15H,7-13H2,1-6H3. The zero-order chi connectivity index (χ0) is 14.3. The van der Waals surface area contributed by atoms with Crippen molar-refractivity contribution in [3.63, 3.8) is 0 Å². The van der Waals surface area contributed by atoms with Crippen molar-refractivity contribution in [3.8, 4) is 0 Å². The van der Waals surface area contributed by atoms with E-state index in [-0.39, 0.29) is 0 Å². The molecule has 112 valence electrons. The minimum Gasteiger partial charge on any atom is -0.297 e. The quantitative estimate of drug-likeness (QED) is 0.659. The molecule has 2 unspecified atom stereocenters. The fourth-order valence-electron chi connectivity index (χ4n) is 4.02. The maximum absolute atomic E-state index is 2.80. The molecule has 2 saturated heterocycles. The Morgan fingerprint density at radius 2 is 1.37 bits per heavy atom. The Balaban J connectivity index is 2.19. The number of likely N-dealkylation sites (tertiary alicyclic amines) is 2. The summed E-state index contributed by atoms with van der Waals surface area (Å²) in [6, 6.07) is 0.774. The van der Waals surface area contributed by atoms with Crippen molar-refractivity contribution in [2.75, 3.05) is 19.6 Å². The van der Waals surface area contributed by atoms with E-state index in [4.69, 9.17) is 0 Å². The smallest absolute Gasteiger partial charge is 0.0256 e. The highest BCUT2D eigenvalue weighted by Crippen LogP contribution is 2.36. The van der Waals surface area contributed by atoms with Gasteiger partial charge in [0.05, 0.1) is 0 Å². The summed E-state index contributed by atoms with van der Waals surface area (Å²) < 4.78 is 0. The van der Waals surface area contributed by atoms with Gasteiger partial charge in [-0.3, -0.25) is 9.80 Å². The summed E-state index contributed by atoms with van der Waals surface area (Å²) in [5.74, 6) is 0.931. The van der Waals surface area contributed by atoms with Crippen molar-refractivity contribution in [3.05, 3.63) is 0 Å². The molecule has 0 radical (unpaired) electrons. The predicted octanol–water partition coefficient (Wildman–Crippen LogP) is 3.76. The van der Waals surface area contributed by atoms with Crippen LogP contribution in [-0.4, -0.2) is 46.6 Å². The van der Waals surface area contributed by atoms with Gasteiger partial charge in [0, 0.05) is 23.7 Å². The predicted molar refractivity (Wildman–Crippen MR) is 83.5 cm³/mol. The average molecular weight is 266 g/mol. The second-order valence-electron chi connectivity index (χ2n) is 8.59. The summed E-state index contributed by atoms with van der Waals surface area (Å²) in [4.78, 5) is 5.52. The zero-order valence-corrected chi connectivity index (χ0v) is 14.0. The van der Waals surface area contributed by atoms with Gasteiger partial charge in [0.1, 0.15) is 0 Å². The summed E-state index contributed by atoms with van der Waals surface area (Å²) in [5, 5.41) is 0. The number of hydrogen-bond acceptors (Lipinski definition) is 2. The van der Waals surface area contributed by atoms with Crippen molar-refractivity contribution in [1.29, 1.82) is 0 Å². The lowest BCUT2D eigenvalue weighted by molar-refractivity contribution is -0.00746. The van der Waals surface area contributed by atoms with Gasteiger partial charge in [-0.05, 0) is 86.2 Å². The molecule has 2 rings (SSSR count). The minimum atomic E-state index is 0.315. The summed E-state index contributed by atoms with van der Waals surface area (Å²) in [6.45, 7) is 18.1. The van der Waals surface area contributed by atoms with Crippen LogP contribution in [0.3, 0.4) is 0 Å². The highest BCUT2D eigenvalue weighted by Gasteiger charge is 2.40. The van der Waals surface area contributed by atoms with Crippen LogP contribution in [0.2, 0.25) is 0 Å². The van der Waals surface area contributed by atoms with Crippen LogP contribution in [0.4, 0.5) is 0 Å². The van der Waals surface area contributed by atoms with E-state index in [1.54, 1.807) is 0 Å². The molecule has 2 nitrogen and oxygen atoms in total. The van der Waals surface area contributed by atoms with Crippen molar-refractivity contribution in [2.45, 2.75) is 84.3 Å². The summed E-state index contributed by atoms with van der Waals surface area (Å²) in [5.41, 5.74) is 0.632. The Hall–Kier alpha value is -0.0800. The van der Waals surface area contributed by atoms with Gasteiger partial charge in [0.2, 0.25) is 0 Å². The molecule has 0 aromatic heterocycles. The van der Waals surface area contributed by atoms with E-state index < -0.39 is 0 Å². The van der Waals surface area contributed by atoms with Crippen molar-refractivity contribution >= 4 is 0 Å². The molecule has 0 amide bonds. The van der Waals surface area contributed by atoms with Gasteiger partial charge in [-0.1, -0.05) is 0 Å². The van der Waals surface area contributed by atoms with Gasteiger partial charge in [-0.15, -0.1) is 0 Å². The normalized spacial score (nSPS) is 31.9. The van der Waals surface area contributed by atoms with Crippen molar-refractivity contribution < 1.29 is 0 Å². The van der Waals surface area contributed by atoms with Gasteiger partial charge >= 0.3 is 0 Å². The van der Waals surface area contributed by atoms with Gasteiger partial charge in [-0.25, -0.2) is 0 Å². The van der Waals surface area contributed by atoms with Gasteiger partial charge in [0.15, 0.2) is 0 Å². The van der Waals surface area contributed by atoms with Gasteiger partial charge in [-0.2, -0.15) is 0 Å². The molecule has 0 N–H and O–H groups in total. The lowest BCUT2D eigenvalue weighted by Crippen LogP contribution is -2.58. The highest BCUT2D eigenvalue weighted by molar-refractivity contribution is 4.95. The first-order chi connectivity index (χ1) is 8.69. The van der Waals surface area contributed by atoms with Crippen LogP contribution in [0.5, 0.6) is 0 Å². The molecule has 2 aliphatic rings. The van der Waals surface area contributed by atoms with E-state index in [0.29, 0.717) is 11.1 Å². The first kappa shape index (κ1) is 15.3. The van der Waals surface area contributed by atoms with Crippen LogP contribution in [0.1, 0.15) is 67.2 Å². The maximum Gasteiger partial charge on any atom is 0.0256 e. The van der Waals surface area contributed by atoms with Crippen LogP contribution in [0.15, 0.2) is 0 Å². The third kappa shape index (κ3) is 3.52. The van der Waals surface area contributed by atoms with E-state index in [1.807, 2.05) is 0 Å². The molecule has 2 heteroatoms. The molecule has 2 aliphatic heterocycles. The van der Waals surface area contributed by atoms with E-state index in [1.165, 1.54) is 45.3 Å². The summed E-state index contributed by atoms with van der Waals surface area (Å²) >= 11 is 0. The SMILES string of the molecule is CC(C)(C)N1CCCC2CCCN(C(C)(C)C)C2C1. The zero-order valence-electron chi connectivity index (χ0n) is 14.0. The van der Waals surface area contributed by atoms with E-state index in [2.05, 4.69) is 51.3 Å². The van der Waals surface area contributed by atoms with Gasteiger partial charge in [0.25, 0.3) is 0 Å². The topological polar surface area (TPSA) is 6.48 Å². The summed E-state index contributed by atoms with van der Waals surface area (Å²) in [6.07, 6.45) is 5.67. The third-order valence-corrected chi connectivity index (χ3v) is 5.14. The third-order valence-electron chi connectivity index (χ3n) is 5.14. The largest absolute Gasteiger partial charge is 0.297 e. The number of hydrogen-bond donors (Lipinski definition) is 0. The Bertz CT molecular complexity index is 297. The lowest BCUT2D eigenvalue weighted by atomic mass is 9.83. The molecule has 0 aliphatic carbocycles. The van der Waals surface area contributed by atoms with E-state index in [9.17, 15) is 0 Å². The number of fused-ring (bicyclic) bond motifs is 1. The molecule has 0 spiro atoms. The van der Waals surface area contributed by atoms with Crippen molar-refractivity contribution in [1.82, 2.24) is 9.80 Å². The fourth-order valence-corrected chi connectivity index (χ4v) is 4.02. The first-order valence-electron chi connectivity index (χ1n) is 8.21. The Labute approximate surface area is 120 Å². The molecule has 2 fully saturated rings. The Kier molecular flexibility index (Phi) is 4.32. The molecular formula is C17H34N2. The molecule has 2 heterocycles. The molecule has 0 aromatic carbocycles. The monoisotopic (exact) mass is 266 g/mol. The molecule has 0 saturated carbocycles. The van der Waals surface area contributed by atoms with Crippen LogP contribution in [0, 0.1) is 5.92 Å². The van der Waals surface area contributed by atoms with E-state index in [0.717, 1.165) is 12.0 Å². The number of rotatable bonds is 0. The van der Waals surface area contributed by atoms with Gasteiger partial charge < -0.3 is 0 Å². The second kappa shape index (κ2) is 5.37. The van der Waals surface area contributed by atoms with Crippen LogP contribution in [0.25, 0.3) is 0 Å². The Morgan fingerprint density at radius 3 is 1.89 bits per heavy atom. The minimum absolute atomic E-state index is 0.315. The van der Waals surface area contributed by atoms with E-state index >= 15 is 0 Å². The number of nitrogens with zero attached hydrogens (tertiary/aromatic N) is 2.